The summed E-state index contributed by atoms with van der Waals surface area (Å²) in [5, 5.41) is 2.73. The molecule has 0 aliphatic heterocycles. The van der Waals surface area contributed by atoms with E-state index in [2.05, 4.69) is 5.32 Å². The molecule has 0 aliphatic rings. The lowest BCUT2D eigenvalue weighted by molar-refractivity contribution is -0.147. The Labute approximate surface area is 148 Å². The second-order valence-electron chi connectivity index (χ2n) is 5.80. The largest absolute Gasteiger partial charge is 0.464 e. The van der Waals surface area contributed by atoms with Crippen LogP contribution in [0.5, 0.6) is 0 Å². The van der Waals surface area contributed by atoms with Crippen LogP contribution in [0.25, 0.3) is 0 Å². The molecule has 2 atom stereocenters. The Bertz CT molecular complexity index is 674. The molecule has 0 radical (unpaired) electrons. The van der Waals surface area contributed by atoms with Crippen LogP contribution < -0.4 is 11.1 Å². The number of nitrogens with two attached hydrogens (primary N) is 1. The summed E-state index contributed by atoms with van der Waals surface area (Å²) in [5.41, 5.74) is 7.92. The third-order valence-corrected chi connectivity index (χ3v) is 3.81. The van der Waals surface area contributed by atoms with Crippen LogP contribution >= 0.6 is 0 Å². The minimum absolute atomic E-state index is 0.260. The average Bonchev–Trinajstić information content (AvgIpc) is 2.63. The van der Waals surface area contributed by atoms with Gasteiger partial charge in [-0.05, 0) is 24.5 Å². The zero-order chi connectivity index (χ0) is 18.1. The number of hydrogen-bond acceptors (Lipinski definition) is 4. The second kappa shape index (κ2) is 9.59. The van der Waals surface area contributed by atoms with Gasteiger partial charge in [0.15, 0.2) is 0 Å². The van der Waals surface area contributed by atoms with Crippen LogP contribution in [0.3, 0.4) is 0 Å². The van der Waals surface area contributed by atoms with Crippen molar-refractivity contribution in [3.63, 3.8) is 0 Å². The van der Waals surface area contributed by atoms with Crippen molar-refractivity contribution in [1.29, 1.82) is 0 Å². The Hall–Kier alpha value is -2.66. The fourth-order valence-corrected chi connectivity index (χ4v) is 2.53. The fraction of sp³-hybridized carbons (Fsp3) is 0.300. The van der Waals surface area contributed by atoms with Gasteiger partial charge < -0.3 is 15.8 Å². The number of carbonyl (C=O) groups is 2. The molecule has 0 saturated carbocycles. The standard InChI is InChI=1S/C20H24N2O3/c1-2-25-20(24)18(14-16-11-7-4-8-12-16)22-19(23)17(21)13-15-9-5-3-6-10-15/h3-12,17-18H,2,13-14,21H2,1H3,(H,22,23)/t17-,18-/m0/s1. The van der Waals surface area contributed by atoms with E-state index in [1.807, 2.05) is 60.7 Å². The Kier molecular flexibility index (Phi) is 7.16. The summed E-state index contributed by atoms with van der Waals surface area (Å²) >= 11 is 0. The molecule has 2 aromatic rings. The van der Waals surface area contributed by atoms with Gasteiger partial charge in [-0.1, -0.05) is 60.7 Å². The van der Waals surface area contributed by atoms with E-state index < -0.39 is 18.1 Å². The monoisotopic (exact) mass is 340 g/mol. The maximum Gasteiger partial charge on any atom is 0.328 e. The van der Waals surface area contributed by atoms with Gasteiger partial charge in [0.2, 0.25) is 5.91 Å². The maximum absolute atomic E-state index is 12.4. The first-order chi connectivity index (χ1) is 12.1. The van der Waals surface area contributed by atoms with Crippen LogP contribution in [0.1, 0.15) is 18.1 Å². The molecule has 3 N–H and O–H groups in total. The quantitative estimate of drug-likeness (QED) is 0.719. The summed E-state index contributed by atoms with van der Waals surface area (Å²) in [6, 6.07) is 17.5. The van der Waals surface area contributed by atoms with Gasteiger partial charge in [-0.15, -0.1) is 0 Å². The fourth-order valence-electron chi connectivity index (χ4n) is 2.53. The van der Waals surface area contributed by atoms with E-state index in [4.69, 9.17) is 10.5 Å². The minimum atomic E-state index is -0.753. The number of esters is 1. The van der Waals surface area contributed by atoms with E-state index in [1.165, 1.54) is 0 Å². The average molecular weight is 340 g/mol. The van der Waals surface area contributed by atoms with Crippen LogP contribution in [0.15, 0.2) is 60.7 Å². The summed E-state index contributed by atoms with van der Waals surface area (Å²) in [4.78, 5) is 24.6. The first-order valence-electron chi connectivity index (χ1n) is 8.40. The Morgan fingerprint density at radius 1 is 0.960 bits per heavy atom. The van der Waals surface area contributed by atoms with Crippen molar-refractivity contribution in [1.82, 2.24) is 5.32 Å². The van der Waals surface area contributed by atoms with Crippen LogP contribution in [-0.4, -0.2) is 30.6 Å². The lowest BCUT2D eigenvalue weighted by Crippen LogP contribution is -2.50. The predicted molar refractivity (Wildman–Crippen MR) is 96.8 cm³/mol. The van der Waals surface area contributed by atoms with E-state index in [0.717, 1.165) is 11.1 Å². The van der Waals surface area contributed by atoms with Gasteiger partial charge in [0.05, 0.1) is 12.6 Å². The van der Waals surface area contributed by atoms with E-state index in [-0.39, 0.29) is 12.5 Å². The molecule has 0 heterocycles. The molecule has 2 rings (SSSR count). The number of ether oxygens (including phenoxy) is 1. The summed E-state index contributed by atoms with van der Waals surface area (Å²) < 4.78 is 5.08. The summed E-state index contributed by atoms with van der Waals surface area (Å²) in [6.45, 7) is 2.00. The van der Waals surface area contributed by atoms with Crippen molar-refractivity contribution >= 4 is 11.9 Å². The molecule has 1 amide bonds. The zero-order valence-corrected chi connectivity index (χ0v) is 14.4. The summed E-state index contributed by atoms with van der Waals surface area (Å²) in [7, 11) is 0. The molecular formula is C20H24N2O3. The first-order valence-corrected chi connectivity index (χ1v) is 8.40. The topological polar surface area (TPSA) is 81.4 Å². The number of carbonyl (C=O) groups excluding carboxylic acids is 2. The molecule has 5 heteroatoms. The van der Waals surface area contributed by atoms with E-state index in [0.29, 0.717) is 12.8 Å². The van der Waals surface area contributed by atoms with E-state index in [9.17, 15) is 9.59 Å². The summed E-state index contributed by atoms with van der Waals surface area (Å²) in [5.74, 6) is -0.815. The van der Waals surface area contributed by atoms with Crippen molar-refractivity contribution in [2.24, 2.45) is 5.73 Å². The minimum Gasteiger partial charge on any atom is -0.464 e. The molecule has 132 valence electrons. The van der Waals surface area contributed by atoms with Crippen LogP contribution in [-0.2, 0) is 27.2 Å². The molecular weight excluding hydrogens is 316 g/mol. The summed E-state index contributed by atoms with van der Waals surface area (Å²) in [6.07, 6.45) is 0.775. The molecule has 0 aromatic heterocycles. The van der Waals surface area contributed by atoms with E-state index >= 15 is 0 Å². The molecule has 0 fully saturated rings. The zero-order valence-electron chi connectivity index (χ0n) is 14.4. The highest BCUT2D eigenvalue weighted by Gasteiger charge is 2.25. The van der Waals surface area contributed by atoms with Crippen molar-refractivity contribution in [2.75, 3.05) is 6.61 Å². The maximum atomic E-state index is 12.4. The lowest BCUT2D eigenvalue weighted by Gasteiger charge is -2.20. The highest BCUT2D eigenvalue weighted by molar-refractivity contribution is 5.87. The normalized spacial score (nSPS) is 12.9. The number of amides is 1. The van der Waals surface area contributed by atoms with Crippen molar-refractivity contribution in [3.8, 4) is 0 Å². The van der Waals surface area contributed by atoms with E-state index in [1.54, 1.807) is 6.92 Å². The van der Waals surface area contributed by atoms with Gasteiger partial charge in [-0.25, -0.2) is 4.79 Å². The second-order valence-corrected chi connectivity index (χ2v) is 5.80. The predicted octanol–water partition coefficient (Wildman–Crippen LogP) is 1.85. The molecule has 25 heavy (non-hydrogen) atoms. The number of nitrogens with one attached hydrogen (secondary N) is 1. The third kappa shape index (κ3) is 6.04. The highest BCUT2D eigenvalue weighted by Crippen LogP contribution is 2.07. The molecule has 0 spiro atoms. The number of rotatable bonds is 8. The molecule has 0 aliphatic carbocycles. The molecule has 0 saturated heterocycles. The Balaban J connectivity index is 2.01. The van der Waals surface area contributed by atoms with Crippen LogP contribution in [0.4, 0.5) is 0 Å². The molecule has 5 nitrogen and oxygen atoms in total. The molecule has 2 aromatic carbocycles. The van der Waals surface area contributed by atoms with Crippen molar-refractivity contribution in [2.45, 2.75) is 31.8 Å². The highest BCUT2D eigenvalue weighted by atomic mass is 16.5. The number of benzene rings is 2. The first kappa shape index (κ1) is 18.7. The Morgan fingerprint density at radius 2 is 1.48 bits per heavy atom. The Morgan fingerprint density at radius 3 is 2.00 bits per heavy atom. The van der Waals surface area contributed by atoms with Gasteiger partial charge in [0.1, 0.15) is 6.04 Å². The third-order valence-electron chi connectivity index (χ3n) is 3.81. The van der Waals surface area contributed by atoms with Gasteiger partial charge in [-0.3, -0.25) is 4.79 Å². The lowest BCUT2D eigenvalue weighted by atomic mass is 10.0. The molecule has 0 bridgehead atoms. The molecule has 0 unspecified atom stereocenters. The van der Waals surface area contributed by atoms with Crippen molar-refractivity contribution in [3.05, 3.63) is 71.8 Å². The van der Waals surface area contributed by atoms with Gasteiger partial charge in [-0.2, -0.15) is 0 Å². The van der Waals surface area contributed by atoms with Crippen molar-refractivity contribution < 1.29 is 14.3 Å². The number of hydrogen-bond donors (Lipinski definition) is 2. The smallest absolute Gasteiger partial charge is 0.328 e. The van der Waals surface area contributed by atoms with Gasteiger partial charge >= 0.3 is 5.97 Å². The van der Waals surface area contributed by atoms with Gasteiger partial charge in [0.25, 0.3) is 0 Å². The van der Waals surface area contributed by atoms with Crippen LogP contribution in [0, 0.1) is 0 Å². The van der Waals surface area contributed by atoms with Crippen LogP contribution in [0.2, 0.25) is 0 Å². The SMILES string of the molecule is CCOC(=O)[C@H](Cc1ccccc1)NC(=O)[C@@H](N)Cc1ccccc1. The van der Waals surface area contributed by atoms with Gasteiger partial charge in [0, 0.05) is 6.42 Å².